The molecule has 2 aromatic rings. The maximum atomic E-state index is 12.2. The standard InChI is InChI=1S/C17H17ClN2O4/c18-13-3-4-15-11(7-13)6-12(10-24-15)17(22)20-9-16(21)19-8-14-2-1-5-23-14/h1-5,7,12H,6,8-10H2,(H,19,21)(H,20,22)/t12-/m0/s1. The maximum Gasteiger partial charge on any atom is 0.239 e. The van der Waals surface area contributed by atoms with E-state index in [1.165, 1.54) is 6.26 Å². The molecule has 0 spiro atoms. The van der Waals surface area contributed by atoms with Crippen molar-refractivity contribution in [2.45, 2.75) is 13.0 Å². The van der Waals surface area contributed by atoms with Gasteiger partial charge in [0.1, 0.15) is 18.1 Å². The van der Waals surface area contributed by atoms with Crippen LogP contribution in [0.3, 0.4) is 0 Å². The number of carbonyl (C=O) groups excluding carboxylic acids is 2. The minimum Gasteiger partial charge on any atom is -0.492 e. The van der Waals surface area contributed by atoms with Gasteiger partial charge in [-0.2, -0.15) is 0 Å². The van der Waals surface area contributed by atoms with Gasteiger partial charge in [0.25, 0.3) is 0 Å². The third-order valence-electron chi connectivity index (χ3n) is 3.76. The van der Waals surface area contributed by atoms with Crippen LogP contribution in [0, 0.1) is 5.92 Å². The summed E-state index contributed by atoms with van der Waals surface area (Å²) in [5.74, 6) is 0.575. The summed E-state index contributed by atoms with van der Waals surface area (Å²) >= 11 is 5.97. The van der Waals surface area contributed by atoms with E-state index in [1.807, 2.05) is 0 Å². The molecule has 0 bridgehead atoms. The zero-order valence-electron chi connectivity index (χ0n) is 12.9. The van der Waals surface area contributed by atoms with E-state index < -0.39 is 0 Å². The predicted octanol–water partition coefficient (Wildman–Crippen LogP) is 1.92. The molecule has 2 amide bonds. The highest BCUT2D eigenvalue weighted by molar-refractivity contribution is 6.30. The first-order valence-electron chi connectivity index (χ1n) is 7.60. The fourth-order valence-electron chi connectivity index (χ4n) is 2.50. The third-order valence-corrected chi connectivity index (χ3v) is 4.00. The SMILES string of the molecule is O=C(CNC(=O)[C@@H]1COc2ccc(Cl)cc2C1)NCc1ccco1. The van der Waals surface area contributed by atoms with Crippen LogP contribution < -0.4 is 15.4 Å². The quantitative estimate of drug-likeness (QED) is 0.865. The highest BCUT2D eigenvalue weighted by Crippen LogP contribution is 2.29. The van der Waals surface area contributed by atoms with E-state index >= 15 is 0 Å². The number of ether oxygens (including phenoxy) is 1. The fraction of sp³-hybridized carbons (Fsp3) is 0.294. The molecule has 0 saturated carbocycles. The van der Waals surface area contributed by atoms with Gasteiger partial charge in [0.05, 0.1) is 25.3 Å². The zero-order chi connectivity index (χ0) is 16.9. The van der Waals surface area contributed by atoms with Gasteiger partial charge in [-0.1, -0.05) is 11.6 Å². The molecule has 2 heterocycles. The van der Waals surface area contributed by atoms with Crippen LogP contribution >= 0.6 is 11.6 Å². The molecule has 126 valence electrons. The van der Waals surface area contributed by atoms with Crippen molar-refractivity contribution >= 4 is 23.4 Å². The summed E-state index contributed by atoms with van der Waals surface area (Å²) in [6, 6.07) is 8.86. The molecular weight excluding hydrogens is 332 g/mol. The summed E-state index contributed by atoms with van der Waals surface area (Å²) < 4.78 is 10.7. The van der Waals surface area contributed by atoms with E-state index in [0.29, 0.717) is 23.7 Å². The van der Waals surface area contributed by atoms with Gasteiger partial charge in [0.2, 0.25) is 11.8 Å². The van der Waals surface area contributed by atoms with Crippen LogP contribution in [0.25, 0.3) is 0 Å². The minimum absolute atomic E-state index is 0.0849. The number of hydrogen-bond acceptors (Lipinski definition) is 4. The normalized spacial score (nSPS) is 16.0. The molecule has 1 aliphatic heterocycles. The van der Waals surface area contributed by atoms with Gasteiger partial charge < -0.3 is 19.8 Å². The Morgan fingerprint density at radius 1 is 1.25 bits per heavy atom. The van der Waals surface area contributed by atoms with Crippen molar-refractivity contribution in [3.63, 3.8) is 0 Å². The number of benzene rings is 1. The summed E-state index contributed by atoms with van der Waals surface area (Å²) in [6.07, 6.45) is 2.08. The molecule has 0 fully saturated rings. The summed E-state index contributed by atoms with van der Waals surface area (Å²) in [6.45, 7) is 0.493. The van der Waals surface area contributed by atoms with E-state index in [1.54, 1.807) is 30.3 Å². The number of fused-ring (bicyclic) bond motifs is 1. The number of carbonyl (C=O) groups is 2. The Morgan fingerprint density at radius 2 is 2.12 bits per heavy atom. The molecule has 1 aliphatic rings. The topological polar surface area (TPSA) is 80.6 Å². The second kappa shape index (κ2) is 7.40. The van der Waals surface area contributed by atoms with Crippen LogP contribution in [0.4, 0.5) is 0 Å². The van der Waals surface area contributed by atoms with Gasteiger partial charge in [-0.15, -0.1) is 0 Å². The first kappa shape index (κ1) is 16.4. The van der Waals surface area contributed by atoms with E-state index in [4.69, 9.17) is 20.8 Å². The Labute approximate surface area is 144 Å². The molecule has 7 heteroatoms. The largest absolute Gasteiger partial charge is 0.492 e. The molecule has 1 aromatic carbocycles. The zero-order valence-corrected chi connectivity index (χ0v) is 13.6. The second-order valence-electron chi connectivity index (χ2n) is 5.54. The molecule has 0 radical (unpaired) electrons. The fourth-order valence-corrected chi connectivity index (χ4v) is 2.70. The van der Waals surface area contributed by atoms with Gasteiger partial charge in [-0.3, -0.25) is 9.59 Å². The highest BCUT2D eigenvalue weighted by atomic mass is 35.5. The second-order valence-corrected chi connectivity index (χ2v) is 5.97. The third kappa shape index (κ3) is 4.08. The van der Waals surface area contributed by atoms with Crippen LogP contribution in [-0.2, 0) is 22.6 Å². The van der Waals surface area contributed by atoms with Gasteiger partial charge in [0.15, 0.2) is 0 Å². The molecule has 6 nitrogen and oxygen atoms in total. The lowest BCUT2D eigenvalue weighted by molar-refractivity contribution is -0.129. The van der Waals surface area contributed by atoms with Crippen LogP contribution in [0.5, 0.6) is 5.75 Å². The van der Waals surface area contributed by atoms with Gasteiger partial charge in [-0.25, -0.2) is 0 Å². The molecule has 0 aliphatic carbocycles. The molecule has 1 atom stereocenters. The molecule has 3 rings (SSSR count). The lowest BCUT2D eigenvalue weighted by Crippen LogP contribution is -2.42. The van der Waals surface area contributed by atoms with Crippen LogP contribution in [0.1, 0.15) is 11.3 Å². The van der Waals surface area contributed by atoms with E-state index in [2.05, 4.69) is 10.6 Å². The Balaban J connectivity index is 1.46. The van der Waals surface area contributed by atoms with Crippen molar-refractivity contribution in [1.29, 1.82) is 0 Å². The smallest absolute Gasteiger partial charge is 0.239 e. The minimum atomic E-state index is -0.339. The van der Waals surface area contributed by atoms with Gasteiger partial charge in [0, 0.05) is 5.02 Å². The van der Waals surface area contributed by atoms with Crippen LogP contribution in [0.15, 0.2) is 41.0 Å². The average Bonchev–Trinajstić information content (AvgIpc) is 3.10. The van der Waals surface area contributed by atoms with Crippen molar-refractivity contribution in [3.8, 4) is 5.75 Å². The van der Waals surface area contributed by atoms with Crippen molar-refractivity contribution < 1.29 is 18.7 Å². The number of furan rings is 1. The summed E-state index contributed by atoms with van der Waals surface area (Å²) in [5.41, 5.74) is 0.899. The first-order chi connectivity index (χ1) is 11.6. The van der Waals surface area contributed by atoms with Crippen molar-refractivity contribution in [3.05, 3.63) is 52.9 Å². The summed E-state index contributed by atoms with van der Waals surface area (Å²) in [5, 5.41) is 5.91. The highest BCUT2D eigenvalue weighted by Gasteiger charge is 2.26. The van der Waals surface area contributed by atoms with Gasteiger partial charge >= 0.3 is 0 Å². The molecular formula is C17H17ClN2O4. The lowest BCUT2D eigenvalue weighted by atomic mass is 9.96. The maximum absolute atomic E-state index is 12.2. The lowest BCUT2D eigenvalue weighted by Gasteiger charge is -2.24. The first-order valence-corrected chi connectivity index (χ1v) is 7.97. The Morgan fingerprint density at radius 3 is 2.92 bits per heavy atom. The average molecular weight is 349 g/mol. The molecule has 0 saturated heterocycles. The Bertz CT molecular complexity index is 730. The number of hydrogen-bond donors (Lipinski definition) is 2. The molecule has 1 aromatic heterocycles. The van der Waals surface area contributed by atoms with E-state index in [0.717, 1.165) is 11.3 Å². The number of rotatable bonds is 5. The van der Waals surface area contributed by atoms with E-state index in [9.17, 15) is 9.59 Å². The number of halogens is 1. The Kier molecular flexibility index (Phi) is 5.05. The van der Waals surface area contributed by atoms with Crippen LogP contribution in [0.2, 0.25) is 5.02 Å². The Hall–Kier alpha value is -2.47. The molecule has 0 unspecified atom stereocenters. The van der Waals surface area contributed by atoms with Crippen molar-refractivity contribution in [1.82, 2.24) is 10.6 Å². The summed E-state index contributed by atoms with van der Waals surface area (Å²) in [4.78, 5) is 24.0. The number of nitrogens with one attached hydrogen (secondary N) is 2. The number of amides is 2. The summed E-state index contributed by atoms with van der Waals surface area (Å²) in [7, 11) is 0. The van der Waals surface area contributed by atoms with Crippen molar-refractivity contribution in [2.24, 2.45) is 5.92 Å². The monoisotopic (exact) mass is 348 g/mol. The predicted molar refractivity (Wildman–Crippen MR) is 87.7 cm³/mol. The van der Waals surface area contributed by atoms with Gasteiger partial charge in [-0.05, 0) is 42.3 Å². The van der Waals surface area contributed by atoms with Crippen LogP contribution in [-0.4, -0.2) is 25.0 Å². The van der Waals surface area contributed by atoms with E-state index in [-0.39, 0.29) is 30.9 Å². The molecule has 2 N–H and O–H groups in total. The van der Waals surface area contributed by atoms with Crippen molar-refractivity contribution in [2.75, 3.05) is 13.2 Å². The molecule has 24 heavy (non-hydrogen) atoms.